The van der Waals surface area contributed by atoms with Crippen LogP contribution in [-0.4, -0.2) is 31.5 Å². The standard InChI is InChI=1S/C18H14N6O/c1-11-5-4-6-12(9-11)16-10-14(13-7-2-3-8-15(13)19-16)17(25)20-18-21-23-24-22-18/h2-10H,1H3,(H2,20,21,22,23,24,25). The Morgan fingerprint density at radius 3 is 2.76 bits per heavy atom. The summed E-state index contributed by atoms with van der Waals surface area (Å²) >= 11 is 0. The SMILES string of the molecule is Cc1cccc(-c2cc(C(=O)Nc3nn[nH]n3)c3ccccc3n2)c1. The minimum atomic E-state index is -0.311. The second-order valence-corrected chi connectivity index (χ2v) is 5.63. The van der Waals surface area contributed by atoms with Crippen molar-refractivity contribution in [3.63, 3.8) is 0 Å². The Labute approximate surface area is 143 Å². The highest BCUT2D eigenvalue weighted by atomic mass is 16.1. The van der Waals surface area contributed by atoms with Crippen LogP contribution in [0, 0.1) is 6.92 Å². The third-order valence-corrected chi connectivity index (χ3v) is 3.85. The molecule has 4 rings (SSSR count). The van der Waals surface area contributed by atoms with Crippen molar-refractivity contribution in [2.24, 2.45) is 0 Å². The van der Waals surface area contributed by atoms with Gasteiger partial charge in [-0.05, 0) is 30.3 Å². The molecule has 0 fully saturated rings. The quantitative estimate of drug-likeness (QED) is 0.602. The van der Waals surface area contributed by atoms with Gasteiger partial charge in [0, 0.05) is 10.9 Å². The Hall–Kier alpha value is -3.61. The van der Waals surface area contributed by atoms with E-state index in [-0.39, 0.29) is 11.9 Å². The van der Waals surface area contributed by atoms with Crippen LogP contribution >= 0.6 is 0 Å². The Balaban J connectivity index is 1.85. The highest BCUT2D eigenvalue weighted by molar-refractivity contribution is 6.12. The number of aryl methyl sites for hydroxylation is 1. The number of nitrogens with zero attached hydrogens (tertiary/aromatic N) is 4. The lowest BCUT2D eigenvalue weighted by molar-refractivity contribution is 0.102. The maximum absolute atomic E-state index is 12.7. The average molecular weight is 330 g/mol. The molecule has 25 heavy (non-hydrogen) atoms. The number of hydrogen-bond donors (Lipinski definition) is 2. The number of pyridine rings is 1. The third kappa shape index (κ3) is 2.94. The van der Waals surface area contributed by atoms with Gasteiger partial charge in [-0.1, -0.05) is 47.1 Å². The van der Waals surface area contributed by atoms with Gasteiger partial charge in [0.25, 0.3) is 11.9 Å². The lowest BCUT2D eigenvalue weighted by Gasteiger charge is -2.09. The van der Waals surface area contributed by atoms with Gasteiger partial charge in [0.15, 0.2) is 0 Å². The first kappa shape index (κ1) is 14.9. The van der Waals surface area contributed by atoms with E-state index in [1.165, 1.54) is 0 Å². The summed E-state index contributed by atoms with van der Waals surface area (Å²) < 4.78 is 0. The van der Waals surface area contributed by atoms with Crippen LogP contribution in [0.25, 0.3) is 22.2 Å². The molecule has 0 atom stereocenters. The molecule has 0 aliphatic heterocycles. The molecule has 2 N–H and O–H groups in total. The molecule has 1 amide bonds. The van der Waals surface area contributed by atoms with Gasteiger partial charge in [0.05, 0.1) is 16.8 Å². The first-order chi connectivity index (χ1) is 12.2. The van der Waals surface area contributed by atoms with Gasteiger partial charge in [-0.15, -0.1) is 5.10 Å². The summed E-state index contributed by atoms with van der Waals surface area (Å²) in [6, 6.07) is 17.3. The molecule has 0 unspecified atom stereocenters. The van der Waals surface area contributed by atoms with Gasteiger partial charge in [-0.2, -0.15) is 5.21 Å². The fourth-order valence-corrected chi connectivity index (χ4v) is 2.70. The van der Waals surface area contributed by atoms with Crippen molar-refractivity contribution >= 4 is 22.8 Å². The van der Waals surface area contributed by atoms with Gasteiger partial charge in [0.1, 0.15) is 0 Å². The summed E-state index contributed by atoms with van der Waals surface area (Å²) in [4.78, 5) is 17.4. The first-order valence-corrected chi connectivity index (χ1v) is 7.72. The van der Waals surface area contributed by atoms with Crippen LogP contribution in [0.1, 0.15) is 15.9 Å². The molecule has 7 heteroatoms. The molecular formula is C18H14N6O. The molecule has 2 aromatic heterocycles. The topological polar surface area (TPSA) is 96.5 Å². The van der Waals surface area contributed by atoms with E-state index in [2.05, 4.69) is 25.9 Å². The zero-order valence-corrected chi connectivity index (χ0v) is 13.4. The second kappa shape index (κ2) is 6.12. The number of amides is 1. The normalized spacial score (nSPS) is 10.8. The predicted octanol–water partition coefficient (Wildman–Crippen LogP) is 2.98. The zero-order chi connectivity index (χ0) is 17.2. The Bertz CT molecular complexity index is 1060. The maximum atomic E-state index is 12.7. The molecule has 2 aromatic carbocycles. The van der Waals surface area contributed by atoms with Crippen LogP contribution in [0.2, 0.25) is 0 Å². The minimum absolute atomic E-state index is 0.128. The van der Waals surface area contributed by atoms with Gasteiger partial charge < -0.3 is 0 Å². The number of carbonyl (C=O) groups is 1. The number of para-hydroxylation sites is 1. The van der Waals surface area contributed by atoms with Crippen molar-refractivity contribution < 1.29 is 4.79 Å². The molecule has 0 radical (unpaired) electrons. The van der Waals surface area contributed by atoms with E-state index in [1.54, 1.807) is 6.07 Å². The van der Waals surface area contributed by atoms with Crippen molar-refractivity contribution in [2.75, 3.05) is 5.32 Å². The largest absolute Gasteiger partial charge is 0.288 e. The molecule has 0 saturated carbocycles. The van der Waals surface area contributed by atoms with Crippen LogP contribution in [-0.2, 0) is 0 Å². The van der Waals surface area contributed by atoms with Crippen LogP contribution in [0.4, 0.5) is 5.95 Å². The van der Waals surface area contributed by atoms with Gasteiger partial charge >= 0.3 is 0 Å². The second-order valence-electron chi connectivity index (χ2n) is 5.63. The number of carbonyl (C=O) groups excluding carboxylic acids is 1. The van der Waals surface area contributed by atoms with E-state index >= 15 is 0 Å². The maximum Gasteiger partial charge on any atom is 0.270 e. The van der Waals surface area contributed by atoms with E-state index < -0.39 is 0 Å². The summed E-state index contributed by atoms with van der Waals surface area (Å²) in [5.41, 5.74) is 4.08. The fourth-order valence-electron chi connectivity index (χ4n) is 2.70. The molecule has 0 aliphatic rings. The lowest BCUT2D eigenvalue weighted by atomic mass is 10.0. The molecule has 2 heterocycles. The van der Waals surface area contributed by atoms with E-state index in [9.17, 15) is 4.79 Å². The Morgan fingerprint density at radius 2 is 1.96 bits per heavy atom. The number of H-pyrrole nitrogens is 1. The molecule has 0 bridgehead atoms. The van der Waals surface area contributed by atoms with Crippen LogP contribution in [0.3, 0.4) is 0 Å². The lowest BCUT2D eigenvalue weighted by Crippen LogP contribution is -2.14. The number of nitrogens with one attached hydrogen (secondary N) is 2. The Morgan fingerprint density at radius 1 is 1.08 bits per heavy atom. The highest BCUT2D eigenvalue weighted by Gasteiger charge is 2.15. The van der Waals surface area contributed by atoms with Crippen molar-refractivity contribution in [3.05, 3.63) is 65.7 Å². The van der Waals surface area contributed by atoms with E-state index in [1.807, 2.05) is 55.5 Å². The number of aromatic nitrogens is 5. The highest BCUT2D eigenvalue weighted by Crippen LogP contribution is 2.25. The number of benzene rings is 2. The predicted molar refractivity (Wildman–Crippen MR) is 94.0 cm³/mol. The molecule has 0 aliphatic carbocycles. The van der Waals surface area contributed by atoms with Crippen molar-refractivity contribution in [1.29, 1.82) is 0 Å². The van der Waals surface area contributed by atoms with E-state index in [0.717, 1.165) is 27.7 Å². The molecule has 7 nitrogen and oxygen atoms in total. The van der Waals surface area contributed by atoms with Crippen LogP contribution in [0.5, 0.6) is 0 Å². The number of hydrogen-bond acceptors (Lipinski definition) is 5. The zero-order valence-electron chi connectivity index (χ0n) is 13.4. The van der Waals surface area contributed by atoms with Gasteiger partial charge in [-0.3, -0.25) is 10.1 Å². The minimum Gasteiger partial charge on any atom is -0.288 e. The van der Waals surface area contributed by atoms with Crippen molar-refractivity contribution in [3.8, 4) is 11.3 Å². The van der Waals surface area contributed by atoms with Crippen molar-refractivity contribution in [1.82, 2.24) is 25.6 Å². The van der Waals surface area contributed by atoms with Gasteiger partial charge in [-0.25, -0.2) is 4.98 Å². The van der Waals surface area contributed by atoms with E-state index in [4.69, 9.17) is 4.98 Å². The molecule has 0 saturated heterocycles. The number of tetrazole rings is 1. The Kier molecular flexibility index (Phi) is 3.66. The monoisotopic (exact) mass is 330 g/mol. The first-order valence-electron chi connectivity index (χ1n) is 7.72. The number of rotatable bonds is 3. The number of anilines is 1. The third-order valence-electron chi connectivity index (χ3n) is 3.85. The molecule has 0 spiro atoms. The van der Waals surface area contributed by atoms with Crippen LogP contribution in [0.15, 0.2) is 54.6 Å². The van der Waals surface area contributed by atoms with Crippen molar-refractivity contribution in [2.45, 2.75) is 6.92 Å². The van der Waals surface area contributed by atoms with Gasteiger partial charge in [0.2, 0.25) is 0 Å². The number of fused-ring (bicyclic) bond motifs is 1. The summed E-state index contributed by atoms with van der Waals surface area (Å²) in [6.07, 6.45) is 0. The fraction of sp³-hybridized carbons (Fsp3) is 0.0556. The summed E-state index contributed by atoms with van der Waals surface area (Å²) in [7, 11) is 0. The molecule has 122 valence electrons. The number of aromatic amines is 1. The molecular weight excluding hydrogens is 316 g/mol. The summed E-state index contributed by atoms with van der Waals surface area (Å²) in [5.74, 6) is -0.183. The molecule has 4 aromatic rings. The van der Waals surface area contributed by atoms with E-state index in [0.29, 0.717) is 5.56 Å². The van der Waals surface area contributed by atoms with Crippen LogP contribution < -0.4 is 5.32 Å². The smallest absolute Gasteiger partial charge is 0.270 e. The summed E-state index contributed by atoms with van der Waals surface area (Å²) in [5, 5.41) is 16.7. The summed E-state index contributed by atoms with van der Waals surface area (Å²) in [6.45, 7) is 2.02. The average Bonchev–Trinajstić information content (AvgIpc) is 3.13.